The first-order chi connectivity index (χ1) is 31.0. The van der Waals surface area contributed by atoms with Gasteiger partial charge in [-0.2, -0.15) is 0 Å². The molecule has 5 rings (SSSR count). The van der Waals surface area contributed by atoms with Crippen LogP contribution in [0.25, 0.3) is 0 Å². The number of ether oxygens (including phenoxy) is 3. The molecule has 4 aromatic rings. The van der Waals surface area contributed by atoms with Crippen molar-refractivity contribution in [3.63, 3.8) is 0 Å². The molecule has 1 fully saturated rings. The number of hydrogen-bond acceptors (Lipinski definition) is 11. The highest BCUT2D eigenvalue weighted by molar-refractivity contribution is 6.10. The van der Waals surface area contributed by atoms with Crippen molar-refractivity contribution in [1.29, 1.82) is 0 Å². The number of likely N-dealkylation sites (tertiary alicyclic amines) is 1. The van der Waals surface area contributed by atoms with Gasteiger partial charge in [0.15, 0.2) is 11.6 Å². The molecule has 336 valence electrons. The highest BCUT2D eigenvalue weighted by atomic mass is 16.5. The minimum atomic E-state index is -1.23. The summed E-state index contributed by atoms with van der Waals surface area (Å²) in [6, 6.07) is 32.1. The van der Waals surface area contributed by atoms with Gasteiger partial charge < -0.3 is 35.1 Å². The summed E-state index contributed by atoms with van der Waals surface area (Å²) in [4.78, 5) is 85.8. The van der Waals surface area contributed by atoms with E-state index in [1.807, 2.05) is 73.7 Å². The molecule has 0 unspecified atom stereocenters. The SMILES string of the molecule is CCC(=O)N(c1ccccc1)C1(C(=O)CC(=O)COCC(=O)NCNC(=O)COCC(=O)NCCOc2cccc(C#Cc3cccc(C)n3)c2)CCN(CCc2ccccc2)CC1. The molecular formula is C49H56N6O9. The Balaban J connectivity index is 0.965. The van der Waals surface area contributed by atoms with E-state index in [0.29, 0.717) is 43.1 Å². The number of nitrogens with one attached hydrogen (secondary N) is 3. The highest BCUT2D eigenvalue weighted by Gasteiger charge is 2.48. The molecule has 0 saturated carbocycles. The van der Waals surface area contributed by atoms with Crippen molar-refractivity contribution in [2.45, 2.75) is 51.5 Å². The van der Waals surface area contributed by atoms with E-state index in [2.05, 4.69) is 49.8 Å². The van der Waals surface area contributed by atoms with E-state index in [0.717, 1.165) is 24.2 Å². The molecule has 1 aliphatic rings. The second-order valence-corrected chi connectivity index (χ2v) is 15.2. The maximum atomic E-state index is 14.2. The fourth-order valence-corrected chi connectivity index (χ4v) is 7.13. The number of para-hydroxylation sites is 1. The van der Waals surface area contributed by atoms with Gasteiger partial charge in [-0.1, -0.05) is 73.5 Å². The van der Waals surface area contributed by atoms with E-state index >= 15 is 0 Å². The topological polar surface area (TPSA) is 186 Å². The Morgan fingerprint density at radius 2 is 1.39 bits per heavy atom. The van der Waals surface area contributed by atoms with Crippen LogP contribution in [0.3, 0.4) is 0 Å². The molecule has 0 radical (unpaired) electrons. The van der Waals surface area contributed by atoms with Crippen molar-refractivity contribution in [3.8, 4) is 17.6 Å². The number of benzene rings is 3. The predicted octanol–water partition coefficient (Wildman–Crippen LogP) is 3.56. The van der Waals surface area contributed by atoms with Gasteiger partial charge in [-0.3, -0.25) is 33.7 Å². The third kappa shape index (κ3) is 15.6. The van der Waals surface area contributed by atoms with Crippen LogP contribution in [0.4, 0.5) is 5.69 Å². The molecule has 1 aliphatic heterocycles. The van der Waals surface area contributed by atoms with E-state index in [9.17, 15) is 28.8 Å². The molecule has 4 amide bonds. The molecule has 3 N–H and O–H groups in total. The lowest BCUT2D eigenvalue weighted by Crippen LogP contribution is -2.62. The molecule has 0 bridgehead atoms. The summed E-state index contributed by atoms with van der Waals surface area (Å²) in [6.07, 6.45) is 1.28. The van der Waals surface area contributed by atoms with E-state index < -0.39 is 55.3 Å². The molecule has 15 heteroatoms. The molecule has 64 heavy (non-hydrogen) atoms. The molecule has 0 atom stereocenters. The van der Waals surface area contributed by atoms with Crippen LogP contribution < -0.4 is 25.6 Å². The van der Waals surface area contributed by atoms with Crippen molar-refractivity contribution in [3.05, 3.63) is 126 Å². The van der Waals surface area contributed by atoms with Crippen molar-refractivity contribution < 1.29 is 43.0 Å². The number of pyridine rings is 1. The Bertz CT molecular complexity index is 2250. The smallest absolute Gasteiger partial charge is 0.247 e. The van der Waals surface area contributed by atoms with E-state index in [-0.39, 0.29) is 44.5 Å². The number of rotatable bonds is 23. The van der Waals surface area contributed by atoms with Crippen LogP contribution in [0.5, 0.6) is 5.75 Å². The zero-order chi connectivity index (χ0) is 45.6. The Morgan fingerprint density at radius 1 is 0.750 bits per heavy atom. The number of piperidine rings is 1. The second kappa shape index (κ2) is 25.4. The molecule has 1 saturated heterocycles. The average Bonchev–Trinajstić information content (AvgIpc) is 3.30. The first-order valence-electron chi connectivity index (χ1n) is 21.4. The molecule has 3 aromatic carbocycles. The summed E-state index contributed by atoms with van der Waals surface area (Å²) in [7, 11) is 0. The lowest BCUT2D eigenvalue weighted by Gasteiger charge is -2.47. The Labute approximate surface area is 374 Å². The van der Waals surface area contributed by atoms with E-state index in [1.165, 1.54) is 5.56 Å². The number of Topliss-reactive ketones (excluding diaryl/α,β-unsaturated/α-hetero) is 2. The number of carbonyl (C=O) groups excluding carboxylic acids is 6. The third-order valence-electron chi connectivity index (χ3n) is 10.4. The first kappa shape index (κ1) is 48.3. The average molecular weight is 873 g/mol. The van der Waals surface area contributed by atoms with Crippen LogP contribution in [-0.2, 0) is 44.7 Å². The predicted molar refractivity (Wildman–Crippen MR) is 240 cm³/mol. The van der Waals surface area contributed by atoms with Crippen molar-refractivity contribution in [1.82, 2.24) is 25.8 Å². The van der Waals surface area contributed by atoms with Crippen molar-refractivity contribution in [2.75, 3.05) is 70.8 Å². The Hall–Kier alpha value is -6.73. The summed E-state index contributed by atoms with van der Waals surface area (Å²) in [5, 5.41) is 7.54. The van der Waals surface area contributed by atoms with E-state index in [1.54, 1.807) is 36.1 Å². The number of aryl methyl sites for hydroxylation is 1. The van der Waals surface area contributed by atoms with Gasteiger partial charge in [-0.25, -0.2) is 4.98 Å². The standard InChI is InChI=1S/C49H56N6O9/c1-3-48(61)55(41-17-8-5-9-18-41)49(23-27-54(28-24-49)26-22-38-13-6-4-7-14-38)44(57)31-42(56)32-62-34-46(59)51-36-52-47(60)35-63-33-45(58)50-25-29-64-43-19-11-15-39(30-43)20-21-40-16-10-12-37(2)53-40/h4-19,30H,3,22-29,31-36H2,1-2H3,(H,50,58)(H,51,59)(H,52,60). The van der Waals surface area contributed by atoms with Gasteiger partial charge in [0.1, 0.15) is 50.0 Å². The van der Waals surface area contributed by atoms with Crippen LogP contribution in [0.15, 0.2) is 103 Å². The van der Waals surface area contributed by atoms with Gasteiger partial charge >= 0.3 is 0 Å². The summed E-state index contributed by atoms with van der Waals surface area (Å²) in [6.45, 7) is 3.97. The molecule has 1 aromatic heterocycles. The minimum Gasteiger partial charge on any atom is -0.492 e. The van der Waals surface area contributed by atoms with Crippen molar-refractivity contribution in [2.24, 2.45) is 0 Å². The largest absolute Gasteiger partial charge is 0.492 e. The van der Waals surface area contributed by atoms with Gasteiger partial charge in [-0.05, 0) is 80.1 Å². The fourth-order valence-electron chi connectivity index (χ4n) is 7.13. The van der Waals surface area contributed by atoms with Gasteiger partial charge in [0.25, 0.3) is 0 Å². The molecule has 2 heterocycles. The number of aromatic nitrogens is 1. The number of nitrogens with zero attached hydrogens (tertiary/aromatic N) is 3. The summed E-state index contributed by atoms with van der Waals surface area (Å²) in [5.74, 6) is 3.95. The van der Waals surface area contributed by atoms with Crippen LogP contribution in [0, 0.1) is 18.8 Å². The quantitative estimate of drug-likeness (QED) is 0.0429. The molecule has 15 nitrogen and oxygen atoms in total. The van der Waals surface area contributed by atoms with Crippen molar-refractivity contribution >= 4 is 40.9 Å². The minimum absolute atomic E-state index is 0.179. The fraction of sp³-hybridized carbons (Fsp3) is 0.367. The summed E-state index contributed by atoms with van der Waals surface area (Å²) >= 11 is 0. The molecular weight excluding hydrogens is 817 g/mol. The first-order valence-corrected chi connectivity index (χ1v) is 21.4. The van der Waals surface area contributed by atoms with Crippen LogP contribution in [-0.4, -0.2) is 117 Å². The number of anilines is 1. The van der Waals surface area contributed by atoms with Crippen LogP contribution >= 0.6 is 0 Å². The molecule has 0 spiro atoms. The monoisotopic (exact) mass is 872 g/mol. The lowest BCUT2D eigenvalue weighted by molar-refractivity contribution is -0.136. The summed E-state index contributed by atoms with van der Waals surface area (Å²) in [5.41, 5.74) is 2.90. The van der Waals surface area contributed by atoms with Gasteiger partial charge in [0.05, 0.1) is 19.6 Å². The zero-order valence-electron chi connectivity index (χ0n) is 36.4. The van der Waals surface area contributed by atoms with E-state index in [4.69, 9.17) is 14.2 Å². The maximum Gasteiger partial charge on any atom is 0.247 e. The number of hydrogen-bond donors (Lipinski definition) is 3. The molecule has 0 aliphatic carbocycles. The second-order valence-electron chi connectivity index (χ2n) is 15.2. The number of carbonyl (C=O) groups is 6. The maximum absolute atomic E-state index is 14.2. The zero-order valence-corrected chi connectivity index (χ0v) is 36.4. The normalized spacial score (nSPS) is 13.1. The van der Waals surface area contributed by atoms with Crippen LogP contribution in [0.1, 0.15) is 55.1 Å². The Morgan fingerprint density at radius 3 is 2.06 bits per heavy atom. The summed E-state index contributed by atoms with van der Waals surface area (Å²) < 4.78 is 16.2. The highest BCUT2D eigenvalue weighted by Crippen LogP contribution is 2.36. The van der Waals surface area contributed by atoms with Gasteiger partial charge in [0, 0.05) is 43.0 Å². The van der Waals surface area contributed by atoms with Gasteiger partial charge in [0.2, 0.25) is 23.6 Å². The number of ketones is 2. The number of amides is 4. The Kier molecular flexibility index (Phi) is 19.2. The van der Waals surface area contributed by atoms with Gasteiger partial charge in [-0.15, -0.1) is 0 Å². The van der Waals surface area contributed by atoms with Crippen LogP contribution in [0.2, 0.25) is 0 Å². The third-order valence-corrected chi connectivity index (χ3v) is 10.4. The lowest BCUT2D eigenvalue weighted by atomic mass is 9.79.